The molecule has 0 aliphatic carbocycles. The van der Waals surface area contributed by atoms with Crippen molar-refractivity contribution < 1.29 is 14.3 Å². The normalized spacial score (nSPS) is 12.7. The van der Waals surface area contributed by atoms with Crippen LogP contribution in [0, 0.1) is 6.92 Å². The highest BCUT2D eigenvalue weighted by atomic mass is 16.7. The summed E-state index contributed by atoms with van der Waals surface area (Å²) in [5, 5.41) is 1.09. The lowest BCUT2D eigenvalue weighted by Crippen LogP contribution is -2.34. The summed E-state index contributed by atoms with van der Waals surface area (Å²) in [7, 11) is 1.53. The SMILES string of the molecule is Cc1cc2c(cc1CC(=O)N(C)N)OCO2. The van der Waals surface area contributed by atoms with Gasteiger partial charge in [-0.3, -0.25) is 9.80 Å². The van der Waals surface area contributed by atoms with Crippen LogP contribution in [0.1, 0.15) is 11.1 Å². The number of carbonyl (C=O) groups excluding carboxylic acids is 1. The molecule has 0 unspecified atom stereocenters. The summed E-state index contributed by atoms with van der Waals surface area (Å²) >= 11 is 0. The summed E-state index contributed by atoms with van der Waals surface area (Å²) in [4.78, 5) is 11.5. The molecular formula is C11H14N2O3. The van der Waals surface area contributed by atoms with Crippen molar-refractivity contribution >= 4 is 5.91 Å². The molecule has 0 aromatic heterocycles. The number of ether oxygens (including phenoxy) is 2. The first kappa shape index (κ1) is 10.8. The number of likely N-dealkylation sites (N-methyl/N-ethyl adjacent to an activating group) is 1. The number of nitrogens with two attached hydrogens (primary N) is 1. The first-order chi connectivity index (χ1) is 7.58. The Morgan fingerprint density at radius 1 is 1.44 bits per heavy atom. The van der Waals surface area contributed by atoms with Gasteiger partial charge in [-0.25, -0.2) is 5.84 Å². The molecule has 1 aromatic carbocycles. The van der Waals surface area contributed by atoms with Crippen LogP contribution in [-0.2, 0) is 11.2 Å². The van der Waals surface area contributed by atoms with Crippen molar-refractivity contribution in [3.63, 3.8) is 0 Å². The second kappa shape index (κ2) is 4.02. The molecule has 1 aliphatic rings. The molecule has 5 nitrogen and oxygen atoms in total. The summed E-state index contributed by atoms with van der Waals surface area (Å²) in [6.45, 7) is 2.17. The van der Waals surface area contributed by atoms with Gasteiger partial charge in [0, 0.05) is 7.05 Å². The Balaban J connectivity index is 2.25. The Hall–Kier alpha value is -1.75. The Morgan fingerprint density at radius 3 is 2.69 bits per heavy atom. The molecule has 1 aromatic rings. The third-order valence-electron chi connectivity index (χ3n) is 2.57. The summed E-state index contributed by atoms with van der Waals surface area (Å²) in [5.74, 6) is 6.66. The third kappa shape index (κ3) is 1.94. The molecule has 1 heterocycles. The van der Waals surface area contributed by atoms with Crippen LogP contribution < -0.4 is 15.3 Å². The maximum atomic E-state index is 11.5. The van der Waals surface area contributed by atoms with Gasteiger partial charge < -0.3 is 9.47 Å². The van der Waals surface area contributed by atoms with Gasteiger partial charge in [0.25, 0.3) is 0 Å². The molecule has 0 saturated carbocycles. The molecule has 16 heavy (non-hydrogen) atoms. The molecule has 86 valence electrons. The molecule has 2 N–H and O–H groups in total. The number of hydrogen-bond acceptors (Lipinski definition) is 4. The van der Waals surface area contributed by atoms with E-state index in [0.29, 0.717) is 5.75 Å². The molecule has 0 radical (unpaired) electrons. The topological polar surface area (TPSA) is 64.8 Å². The van der Waals surface area contributed by atoms with E-state index in [9.17, 15) is 4.79 Å². The van der Waals surface area contributed by atoms with Gasteiger partial charge in [0.15, 0.2) is 11.5 Å². The van der Waals surface area contributed by atoms with Crippen LogP contribution >= 0.6 is 0 Å². The van der Waals surface area contributed by atoms with Gasteiger partial charge in [-0.05, 0) is 30.2 Å². The highest BCUT2D eigenvalue weighted by molar-refractivity contribution is 5.78. The van der Waals surface area contributed by atoms with Crippen LogP contribution in [0.4, 0.5) is 0 Å². The molecule has 1 amide bonds. The van der Waals surface area contributed by atoms with Crippen LogP contribution in [0.15, 0.2) is 12.1 Å². The number of benzene rings is 1. The van der Waals surface area contributed by atoms with Gasteiger partial charge in [0.05, 0.1) is 6.42 Å². The summed E-state index contributed by atoms with van der Waals surface area (Å²) in [6.07, 6.45) is 0.273. The molecule has 0 bridgehead atoms. The van der Waals surface area contributed by atoms with E-state index in [4.69, 9.17) is 15.3 Å². The lowest BCUT2D eigenvalue weighted by Gasteiger charge is -2.11. The Bertz CT molecular complexity index is 429. The number of amides is 1. The molecule has 2 rings (SSSR count). The van der Waals surface area contributed by atoms with Crippen molar-refractivity contribution in [1.82, 2.24) is 5.01 Å². The third-order valence-corrected chi connectivity index (χ3v) is 2.57. The van der Waals surface area contributed by atoms with Crippen molar-refractivity contribution in [3.8, 4) is 11.5 Å². The van der Waals surface area contributed by atoms with Gasteiger partial charge in [-0.15, -0.1) is 0 Å². The minimum Gasteiger partial charge on any atom is -0.454 e. The summed E-state index contributed by atoms with van der Waals surface area (Å²) < 4.78 is 10.5. The lowest BCUT2D eigenvalue weighted by atomic mass is 10.0. The van der Waals surface area contributed by atoms with Gasteiger partial charge in [0.2, 0.25) is 12.7 Å². The second-order valence-corrected chi connectivity index (χ2v) is 3.81. The van der Waals surface area contributed by atoms with Gasteiger partial charge in [-0.1, -0.05) is 0 Å². The number of rotatable bonds is 2. The highest BCUT2D eigenvalue weighted by Gasteiger charge is 2.17. The minimum atomic E-state index is -0.137. The maximum Gasteiger partial charge on any atom is 0.240 e. The standard InChI is InChI=1S/C11H14N2O3/c1-7-3-9-10(16-6-15-9)4-8(7)5-11(14)13(2)12/h3-4H,5-6,12H2,1-2H3. The molecular weight excluding hydrogens is 208 g/mol. The molecule has 0 atom stereocenters. The maximum absolute atomic E-state index is 11.5. The minimum absolute atomic E-state index is 0.137. The number of fused-ring (bicyclic) bond motifs is 1. The molecule has 0 spiro atoms. The quantitative estimate of drug-likeness (QED) is 0.452. The number of aryl methyl sites for hydroxylation is 1. The van der Waals surface area contributed by atoms with E-state index in [1.54, 1.807) is 0 Å². The molecule has 5 heteroatoms. The van der Waals surface area contributed by atoms with Crippen molar-refractivity contribution in [1.29, 1.82) is 0 Å². The number of carbonyl (C=O) groups is 1. The van der Waals surface area contributed by atoms with Crippen molar-refractivity contribution in [2.45, 2.75) is 13.3 Å². The zero-order valence-electron chi connectivity index (χ0n) is 9.32. The van der Waals surface area contributed by atoms with E-state index in [-0.39, 0.29) is 19.1 Å². The van der Waals surface area contributed by atoms with E-state index in [1.165, 1.54) is 7.05 Å². The van der Waals surface area contributed by atoms with Crippen LogP contribution in [0.2, 0.25) is 0 Å². The smallest absolute Gasteiger partial charge is 0.240 e. The predicted molar refractivity (Wildman–Crippen MR) is 58.0 cm³/mol. The van der Waals surface area contributed by atoms with E-state index in [1.807, 2.05) is 19.1 Å². The van der Waals surface area contributed by atoms with E-state index < -0.39 is 0 Å². The van der Waals surface area contributed by atoms with Gasteiger partial charge in [-0.2, -0.15) is 0 Å². The van der Waals surface area contributed by atoms with E-state index in [2.05, 4.69) is 0 Å². The van der Waals surface area contributed by atoms with Crippen molar-refractivity contribution in [2.24, 2.45) is 5.84 Å². The average molecular weight is 222 g/mol. The largest absolute Gasteiger partial charge is 0.454 e. The molecule has 0 saturated heterocycles. The van der Waals surface area contributed by atoms with Crippen LogP contribution in [0.5, 0.6) is 11.5 Å². The first-order valence-electron chi connectivity index (χ1n) is 4.98. The molecule has 1 aliphatic heterocycles. The molecule has 0 fully saturated rings. The van der Waals surface area contributed by atoms with Crippen LogP contribution in [0.25, 0.3) is 0 Å². The van der Waals surface area contributed by atoms with Crippen molar-refractivity contribution in [2.75, 3.05) is 13.8 Å². The van der Waals surface area contributed by atoms with Gasteiger partial charge in [0.1, 0.15) is 0 Å². The Morgan fingerprint density at radius 2 is 2.06 bits per heavy atom. The first-order valence-corrected chi connectivity index (χ1v) is 4.98. The fourth-order valence-electron chi connectivity index (χ4n) is 1.56. The number of hydrazine groups is 1. The van der Waals surface area contributed by atoms with Crippen LogP contribution in [-0.4, -0.2) is 24.8 Å². The van der Waals surface area contributed by atoms with E-state index >= 15 is 0 Å². The van der Waals surface area contributed by atoms with Crippen LogP contribution in [0.3, 0.4) is 0 Å². The Labute approximate surface area is 93.7 Å². The van der Waals surface area contributed by atoms with Crippen molar-refractivity contribution in [3.05, 3.63) is 23.3 Å². The monoisotopic (exact) mass is 222 g/mol. The second-order valence-electron chi connectivity index (χ2n) is 3.81. The fourth-order valence-corrected chi connectivity index (χ4v) is 1.56. The fraction of sp³-hybridized carbons (Fsp3) is 0.364. The summed E-state index contributed by atoms with van der Waals surface area (Å²) in [5.41, 5.74) is 1.91. The number of nitrogens with zero attached hydrogens (tertiary/aromatic N) is 1. The van der Waals surface area contributed by atoms with Gasteiger partial charge >= 0.3 is 0 Å². The zero-order valence-corrected chi connectivity index (χ0v) is 9.32. The predicted octanol–water partition coefficient (Wildman–Crippen LogP) is 0.598. The van der Waals surface area contributed by atoms with E-state index in [0.717, 1.165) is 21.9 Å². The lowest BCUT2D eigenvalue weighted by molar-refractivity contribution is -0.129. The Kier molecular flexibility index (Phi) is 2.70. The highest BCUT2D eigenvalue weighted by Crippen LogP contribution is 2.34. The average Bonchev–Trinajstić information content (AvgIpc) is 2.65. The zero-order chi connectivity index (χ0) is 11.7. The summed E-state index contributed by atoms with van der Waals surface area (Å²) in [6, 6.07) is 3.71. The number of hydrogen-bond donors (Lipinski definition) is 1.